The third-order valence-corrected chi connectivity index (χ3v) is 2.39. The lowest BCUT2D eigenvalue weighted by molar-refractivity contribution is -0.115. The molecule has 18 heavy (non-hydrogen) atoms. The van der Waals surface area contributed by atoms with Crippen molar-refractivity contribution in [3.63, 3.8) is 0 Å². The van der Waals surface area contributed by atoms with Crippen molar-refractivity contribution in [1.29, 1.82) is 5.26 Å². The molecule has 0 fully saturated rings. The van der Waals surface area contributed by atoms with Crippen LogP contribution in [0.5, 0.6) is 5.75 Å². The second-order valence-corrected chi connectivity index (χ2v) is 3.96. The van der Waals surface area contributed by atoms with E-state index < -0.39 is 0 Å². The third-order valence-electron chi connectivity index (χ3n) is 2.39. The lowest BCUT2D eigenvalue weighted by Gasteiger charge is -2.07. The monoisotopic (exact) mass is 246 g/mol. The quantitative estimate of drug-likeness (QED) is 0.752. The van der Waals surface area contributed by atoms with Crippen molar-refractivity contribution in [2.45, 2.75) is 32.6 Å². The molecule has 0 aliphatic rings. The van der Waals surface area contributed by atoms with Gasteiger partial charge in [0.1, 0.15) is 12.2 Å². The Hall–Kier alpha value is -2.02. The van der Waals surface area contributed by atoms with Gasteiger partial charge in [0.05, 0.1) is 12.7 Å². The summed E-state index contributed by atoms with van der Waals surface area (Å²) in [6, 6.07) is 8.97. The van der Waals surface area contributed by atoms with E-state index in [0.717, 1.165) is 12.2 Å². The molecule has 0 aliphatic carbocycles. The molecule has 0 atom stereocenters. The number of nitriles is 1. The van der Waals surface area contributed by atoms with Crippen LogP contribution in [0.25, 0.3) is 0 Å². The Morgan fingerprint density at radius 2 is 2.06 bits per heavy atom. The van der Waals surface area contributed by atoms with Gasteiger partial charge in [-0.1, -0.05) is 19.8 Å². The minimum Gasteiger partial charge on any atom is -0.494 e. The predicted molar refractivity (Wildman–Crippen MR) is 70.3 cm³/mol. The van der Waals surface area contributed by atoms with Crippen LogP contribution >= 0.6 is 0 Å². The number of hydrogen-bond acceptors (Lipinski definition) is 3. The van der Waals surface area contributed by atoms with Crippen LogP contribution in [0, 0.1) is 11.3 Å². The maximum atomic E-state index is 11.2. The fourth-order valence-corrected chi connectivity index (χ4v) is 1.45. The van der Waals surface area contributed by atoms with Crippen molar-refractivity contribution < 1.29 is 9.53 Å². The SMILES string of the molecule is CCCCCOc1ccc(NC(=O)CC#N)cc1. The number of anilines is 1. The highest BCUT2D eigenvalue weighted by molar-refractivity contribution is 5.92. The van der Waals surface area contributed by atoms with Gasteiger partial charge in [0.25, 0.3) is 0 Å². The highest BCUT2D eigenvalue weighted by Crippen LogP contribution is 2.16. The Morgan fingerprint density at radius 1 is 1.33 bits per heavy atom. The molecule has 1 aromatic carbocycles. The van der Waals surface area contributed by atoms with Crippen LogP contribution in [0.3, 0.4) is 0 Å². The van der Waals surface area contributed by atoms with Crippen LogP contribution in [0.1, 0.15) is 32.6 Å². The van der Waals surface area contributed by atoms with E-state index in [4.69, 9.17) is 10.00 Å². The number of benzene rings is 1. The second kappa shape index (κ2) is 8.13. The first-order valence-electron chi connectivity index (χ1n) is 6.16. The number of ether oxygens (including phenoxy) is 1. The summed E-state index contributed by atoms with van der Waals surface area (Å²) in [6.45, 7) is 2.87. The van der Waals surface area contributed by atoms with Gasteiger partial charge < -0.3 is 10.1 Å². The molecule has 0 bridgehead atoms. The molecule has 0 aliphatic heterocycles. The van der Waals surface area contributed by atoms with Gasteiger partial charge in [0.15, 0.2) is 0 Å². The molecule has 96 valence electrons. The largest absolute Gasteiger partial charge is 0.494 e. The van der Waals surface area contributed by atoms with E-state index in [0.29, 0.717) is 12.3 Å². The molecule has 0 aromatic heterocycles. The van der Waals surface area contributed by atoms with Crippen molar-refractivity contribution in [1.82, 2.24) is 0 Å². The zero-order valence-corrected chi connectivity index (χ0v) is 10.6. The van der Waals surface area contributed by atoms with Crippen LogP contribution < -0.4 is 10.1 Å². The van der Waals surface area contributed by atoms with Crippen LogP contribution in [0.15, 0.2) is 24.3 Å². The van der Waals surface area contributed by atoms with Crippen LogP contribution in [-0.2, 0) is 4.79 Å². The lowest BCUT2D eigenvalue weighted by atomic mass is 10.2. The van der Waals surface area contributed by atoms with Gasteiger partial charge in [-0.2, -0.15) is 5.26 Å². The standard InChI is InChI=1S/C14H18N2O2/c1-2-3-4-11-18-13-7-5-12(6-8-13)16-14(17)9-10-15/h5-8H,2-4,9,11H2,1H3,(H,16,17). The zero-order chi connectivity index (χ0) is 13.2. The number of nitrogens with one attached hydrogen (secondary N) is 1. The number of unbranched alkanes of at least 4 members (excludes halogenated alkanes) is 2. The molecule has 4 nitrogen and oxygen atoms in total. The molecular formula is C14H18N2O2. The molecule has 0 saturated carbocycles. The Labute approximate surface area is 108 Å². The van der Waals surface area contributed by atoms with Crippen LogP contribution in [-0.4, -0.2) is 12.5 Å². The van der Waals surface area contributed by atoms with Crippen molar-refractivity contribution in [2.75, 3.05) is 11.9 Å². The summed E-state index contributed by atoms with van der Waals surface area (Å²) in [4.78, 5) is 11.2. The van der Waals surface area contributed by atoms with E-state index in [1.807, 2.05) is 12.1 Å². The molecule has 0 radical (unpaired) electrons. The van der Waals surface area contributed by atoms with E-state index in [2.05, 4.69) is 12.2 Å². The molecule has 0 heterocycles. The molecule has 0 saturated heterocycles. The average Bonchev–Trinajstić information content (AvgIpc) is 2.37. The molecule has 1 rings (SSSR count). The van der Waals surface area contributed by atoms with Gasteiger partial charge in [0, 0.05) is 5.69 Å². The Bertz CT molecular complexity index is 407. The highest BCUT2D eigenvalue weighted by Gasteiger charge is 2.01. The Kier molecular flexibility index (Phi) is 6.34. The molecular weight excluding hydrogens is 228 g/mol. The normalized spacial score (nSPS) is 9.56. The maximum Gasteiger partial charge on any atom is 0.238 e. The number of nitrogens with zero attached hydrogens (tertiary/aromatic N) is 1. The summed E-state index contributed by atoms with van der Waals surface area (Å²) in [6.07, 6.45) is 3.27. The first-order valence-corrected chi connectivity index (χ1v) is 6.16. The van der Waals surface area contributed by atoms with Gasteiger partial charge >= 0.3 is 0 Å². The fraction of sp³-hybridized carbons (Fsp3) is 0.429. The number of rotatable bonds is 7. The summed E-state index contributed by atoms with van der Waals surface area (Å²) in [7, 11) is 0. The van der Waals surface area contributed by atoms with Gasteiger partial charge in [-0.15, -0.1) is 0 Å². The van der Waals surface area contributed by atoms with Gasteiger partial charge in [-0.3, -0.25) is 4.79 Å². The Morgan fingerprint density at radius 3 is 2.67 bits per heavy atom. The van der Waals surface area contributed by atoms with E-state index in [1.54, 1.807) is 18.2 Å². The smallest absolute Gasteiger partial charge is 0.238 e. The summed E-state index contributed by atoms with van der Waals surface area (Å²) in [5, 5.41) is 11.0. The molecule has 1 aromatic rings. The van der Waals surface area contributed by atoms with E-state index in [9.17, 15) is 4.79 Å². The van der Waals surface area contributed by atoms with Gasteiger partial charge in [-0.25, -0.2) is 0 Å². The van der Waals surface area contributed by atoms with E-state index in [-0.39, 0.29) is 12.3 Å². The topological polar surface area (TPSA) is 62.1 Å². The number of carbonyl (C=O) groups excluding carboxylic acids is 1. The van der Waals surface area contributed by atoms with Crippen molar-refractivity contribution in [2.24, 2.45) is 0 Å². The summed E-state index contributed by atoms with van der Waals surface area (Å²) in [5.41, 5.74) is 0.677. The van der Waals surface area contributed by atoms with Crippen LogP contribution in [0.2, 0.25) is 0 Å². The summed E-state index contributed by atoms with van der Waals surface area (Å²) >= 11 is 0. The number of hydrogen-bond donors (Lipinski definition) is 1. The number of amides is 1. The maximum absolute atomic E-state index is 11.2. The molecule has 4 heteroatoms. The first-order chi connectivity index (χ1) is 8.76. The first kappa shape index (κ1) is 14.0. The minimum atomic E-state index is -0.297. The second-order valence-electron chi connectivity index (χ2n) is 3.96. The van der Waals surface area contributed by atoms with Crippen LogP contribution in [0.4, 0.5) is 5.69 Å². The third kappa shape index (κ3) is 5.35. The molecule has 1 N–H and O–H groups in total. The lowest BCUT2D eigenvalue weighted by Crippen LogP contribution is -2.09. The van der Waals surface area contributed by atoms with Crippen molar-refractivity contribution in [3.05, 3.63) is 24.3 Å². The van der Waals surface area contributed by atoms with E-state index >= 15 is 0 Å². The zero-order valence-electron chi connectivity index (χ0n) is 10.6. The fourth-order valence-electron chi connectivity index (χ4n) is 1.45. The van der Waals surface area contributed by atoms with Gasteiger partial charge in [0.2, 0.25) is 5.91 Å². The molecule has 1 amide bonds. The van der Waals surface area contributed by atoms with Crippen molar-refractivity contribution in [3.8, 4) is 11.8 Å². The summed E-state index contributed by atoms with van der Waals surface area (Å²) in [5.74, 6) is 0.499. The van der Waals surface area contributed by atoms with E-state index in [1.165, 1.54) is 12.8 Å². The van der Waals surface area contributed by atoms with Crippen molar-refractivity contribution >= 4 is 11.6 Å². The number of carbonyl (C=O) groups is 1. The molecule has 0 spiro atoms. The highest BCUT2D eigenvalue weighted by atomic mass is 16.5. The summed E-state index contributed by atoms with van der Waals surface area (Å²) < 4.78 is 5.55. The Balaban J connectivity index is 2.38. The van der Waals surface area contributed by atoms with Gasteiger partial charge in [-0.05, 0) is 30.7 Å². The molecule has 0 unspecified atom stereocenters. The average molecular weight is 246 g/mol. The minimum absolute atomic E-state index is 0.130. The predicted octanol–water partition coefficient (Wildman–Crippen LogP) is 3.11.